The number of hydrogen-bond donors (Lipinski definition) is 3. The van der Waals surface area contributed by atoms with Gasteiger partial charge in [0, 0.05) is 12.2 Å². The number of carboxylic acid groups (broad SMARTS) is 1. The van der Waals surface area contributed by atoms with Crippen LogP contribution in [-0.2, 0) is 15.0 Å². The zero-order chi connectivity index (χ0) is 16.0. The highest BCUT2D eigenvalue weighted by molar-refractivity contribution is 7.90. The van der Waals surface area contributed by atoms with E-state index in [0.29, 0.717) is 12.2 Å². The van der Waals surface area contributed by atoms with Crippen LogP contribution in [0, 0.1) is 5.92 Å². The number of carbonyl (C=O) groups is 1. The van der Waals surface area contributed by atoms with Crippen LogP contribution >= 0.6 is 0 Å². The summed E-state index contributed by atoms with van der Waals surface area (Å²) in [5.41, 5.74) is 1.30. The standard InChI is InChI=1S/C14H22N2O4S/c1-10(2)9-15-21(19,20)16-13-6-4-12(5-7-13)11(3)8-14(17)18/h4-7,10-11,15-16H,8-9H2,1-3H3,(H,17,18). The molecule has 21 heavy (non-hydrogen) atoms. The summed E-state index contributed by atoms with van der Waals surface area (Å²) < 4.78 is 28.4. The number of carboxylic acids is 1. The number of rotatable bonds is 8. The van der Waals surface area contributed by atoms with E-state index in [0.717, 1.165) is 5.56 Å². The number of hydrogen-bond acceptors (Lipinski definition) is 3. The summed E-state index contributed by atoms with van der Waals surface area (Å²) in [7, 11) is -3.58. The molecule has 0 saturated heterocycles. The maximum absolute atomic E-state index is 11.8. The van der Waals surface area contributed by atoms with Gasteiger partial charge in [0.05, 0.1) is 6.42 Å². The molecular formula is C14H22N2O4S. The third kappa shape index (κ3) is 6.59. The highest BCUT2D eigenvalue weighted by Gasteiger charge is 2.12. The average molecular weight is 314 g/mol. The average Bonchev–Trinajstić information content (AvgIpc) is 2.36. The van der Waals surface area contributed by atoms with Gasteiger partial charge in [-0.25, -0.2) is 0 Å². The zero-order valence-corrected chi connectivity index (χ0v) is 13.3. The summed E-state index contributed by atoms with van der Waals surface area (Å²) in [6.45, 7) is 6.02. The van der Waals surface area contributed by atoms with Gasteiger partial charge in [-0.05, 0) is 29.5 Å². The van der Waals surface area contributed by atoms with Gasteiger partial charge >= 0.3 is 5.97 Å². The Hall–Kier alpha value is -1.60. The van der Waals surface area contributed by atoms with E-state index in [-0.39, 0.29) is 18.3 Å². The molecule has 118 valence electrons. The van der Waals surface area contributed by atoms with Crippen molar-refractivity contribution in [2.24, 2.45) is 5.92 Å². The van der Waals surface area contributed by atoms with Crippen LogP contribution in [-0.4, -0.2) is 26.0 Å². The fourth-order valence-electron chi connectivity index (χ4n) is 1.73. The molecular weight excluding hydrogens is 292 g/mol. The molecule has 0 saturated carbocycles. The van der Waals surface area contributed by atoms with Crippen molar-refractivity contribution in [3.63, 3.8) is 0 Å². The SMILES string of the molecule is CC(C)CNS(=O)(=O)Nc1ccc(C(C)CC(=O)O)cc1. The minimum absolute atomic E-state index is 0.0427. The maximum atomic E-state index is 11.8. The summed E-state index contributed by atoms with van der Waals surface area (Å²) in [6.07, 6.45) is 0.0427. The van der Waals surface area contributed by atoms with Crippen molar-refractivity contribution in [1.29, 1.82) is 0 Å². The molecule has 0 spiro atoms. The number of aliphatic carboxylic acids is 1. The monoisotopic (exact) mass is 314 g/mol. The lowest BCUT2D eigenvalue weighted by molar-refractivity contribution is -0.137. The topological polar surface area (TPSA) is 95.5 Å². The van der Waals surface area contributed by atoms with E-state index in [9.17, 15) is 13.2 Å². The fourth-order valence-corrected chi connectivity index (χ4v) is 2.80. The Morgan fingerprint density at radius 1 is 1.19 bits per heavy atom. The van der Waals surface area contributed by atoms with E-state index in [1.807, 2.05) is 20.8 Å². The highest BCUT2D eigenvalue weighted by Crippen LogP contribution is 2.21. The second kappa shape index (κ2) is 7.42. The molecule has 0 aliphatic carbocycles. The second-order valence-electron chi connectivity index (χ2n) is 5.47. The number of nitrogens with one attached hydrogen (secondary N) is 2. The van der Waals surface area contributed by atoms with E-state index in [1.165, 1.54) is 0 Å². The molecule has 3 N–H and O–H groups in total. The van der Waals surface area contributed by atoms with Crippen molar-refractivity contribution >= 4 is 21.9 Å². The fraction of sp³-hybridized carbons (Fsp3) is 0.500. The maximum Gasteiger partial charge on any atom is 0.303 e. The van der Waals surface area contributed by atoms with Gasteiger partial charge in [-0.1, -0.05) is 32.9 Å². The van der Waals surface area contributed by atoms with E-state index >= 15 is 0 Å². The molecule has 1 aromatic rings. The van der Waals surface area contributed by atoms with Crippen LogP contribution in [0.25, 0.3) is 0 Å². The Morgan fingerprint density at radius 2 is 1.76 bits per heavy atom. The summed E-state index contributed by atoms with van der Waals surface area (Å²) in [6, 6.07) is 6.71. The summed E-state index contributed by atoms with van der Waals surface area (Å²) in [4.78, 5) is 10.7. The van der Waals surface area contributed by atoms with Gasteiger partial charge in [-0.2, -0.15) is 13.1 Å². The van der Waals surface area contributed by atoms with Crippen molar-refractivity contribution in [3.05, 3.63) is 29.8 Å². The largest absolute Gasteiger partial charge is 0.481 e. The van der Waals surface area contributed by atoms with Gasteiger partial charge in [0.1, 0.15) is 0 Å². The van der Waals surface area contributed by atoms with Crippen molar-refractivity contribution in [2.75, 3.05) is 11.3 Å². The Morgan fingerprint density at radius 3 is 2.24 bits per heavy atom. The number of benzene rings is 1. The minimum atomic E-state index is -3.58. The zero-order valence-electron chi connectivity index (χ0n) is 12.5. The molecule has 1 aromatic carbocycles. The van der Waals surface area contributed by atoms with Crippen LogP contribution in [0.15, 0.2) is 24.3 Å². The molecule has 7 heteroatoms. The summed E-state index contributed by atoms with van der Waals surface area (Å²) in [5, 5.41) is 8.76. The van der Waals surface area contributed by atoms with Crippen LogP contribution in [0.1, 0.15) is 38.7 Å². The summed E-state index contributed by atoms with van der Waals surface area (Å²) >= 11 is 0. The molecule has 1 atom stereocenters. The predicted molar refractivity (Wildman–Crippen MR) is 82.5 cm³/mol. The first-order valence-corrected chi connectivity index (χ1v) is 8.27. The predicted octanol–water partition coefficient (Wildman–Crippen LogP) is 2.17. The first-order chi connectivity index (χ1) is 9.69. The third-order valence-electron chi connectivity index (χ3n) is 2.89. The quantitative estimate of drug-likeness (QED) is 0.685. The van der Waals surface area contributed by atoms with E-state index in [1.54, 1.807) is 24.3 Å². The Bertz CT molecular complexity index is 567. The van der Waals surface area contributed by atoms with Crippen LogP contribution in [0.3, 0.4) is 0 Å². The highest BCUT2D eigenvalue weighted by atomic mass is 32.2. The second-order valence-corrected chi connectivity index (χ2v) is 6.97. The first-order valence-electron chi connectivity index (χ1n) is 6.79. The normalized spacial score (nSPS) is 13.1. The van der Waals surface area contributed by atoms with Gasteiger partial charge in [0.2, 0.25) is 0 Å². The minimum Gasteiger partial charge on any atom is -0.481 e. The van der Waals surface area contributed by atoms with Gasteiger partial charge in [-0.15, -0.1) is 0 Å². The van der Waals surface area contributed by atoms with Crippen molar-refractivity contribution in [2.45, 2.75) is 33.1 Å². The molecule has 0 amide bonds. The molecule has 6 nitrogen and oxygen atoms in total. The Labute approximate surface area is 125 Å². The van der Waals surface area contributed by atoms with E-state index < -0.39 is 16.2 Å². The molecule has 0 fully saturated rings. The molecule has 0 aliphatic heterocycles. The van der Waals surface area contributed by atoms with Gasteiger partial charge in [0.25, 0.3) is 10.2 Å². The molecule has 1 unspecified atom stereocenters. The molecule has 0 aliphatic rings. The molecule has 1 rings (SSSR count). The van der Waals surface area contributed by atoms with Crippen LogP contribution < -0.4 is 9.44 Å². The lowest BCUT2D eigenvalue weighted by atomic mass is 9.98. The lowest BCUT2D eigenvalue weighted by Crippen LogP contribution is -2.32. The van der Waals surface area contributed by atoms with Crippen LogP contribution in [0.2, 0.25) is 0 Å². The molecule has 0 bridgehead atoms. The Kier molecular flexibility index (Phi) is 6.17. The van der Waals surface area contributed by atoms with E-state index in [4.69, 9.17) is 5.11 Å². The molecule has 0 aromatic heterocycles. The summed E-state index contributed by atoms with van der Waals surface area (Å²) in [5.74, 6) is -0.752. The first kappa shape index (κ1) is 17.5. The van der Waals surface area contributed by atoms with Gasteiger partial charge in [-0.3, -0.25) is 9.52 Å². The number of anilines is 1. The Balaban J connectivity index is 2.68. The van der Waals surface area contributed by atoms with E-state index in [2.05, 4.69) is 9.44 Å². The van der Waals surface area contributed by atoms with Gasteiger partial charge < -0.3 is 5.11 Å². The molecule has 0 heterocycles. The van der Waals surface area contributed by atoms with Crippen LogP contribution in [0.5, 0.6) is 0 Å². The smallest absolute Gasteiger partial charge is 0.303 e. The van der Waals surface area contributed by atoms with Crippen molar-refractivity contribution < 1.29 is 18.3 Å². The van der Waals surface area contributed by atoms with Crippen LogP contribution in [0.4, 0.5) is 5.69 Å². The van der Waals surface area contributed by atoms with Crippen molar-refractivity contribution in [3.8, 4) is 0 Å². The van der Waals surface area contributed by atoms with Crippen molar-refractivity contribution in [1.82, 2.24) is 4.72 Å². The lowest BCUT2D eigenvalue weighted by Gasteiger charge is -2.13. The molecule has 0 radical (unpaired) electrons. The van der Waals surface area contributed by atoms with Gasteiger partial charge in [0.15, 0.2) is 0 Å². The third-order valence-corrected chi connectivity index (χ3v) is 3.95.